The predicted molar refractivity (Wildman–Crippen MR) is 82.3 cm³/mol. The summed E-state index contributed by atoms with van der Waals surface area (Å²) in [6.07, 6.45) is 3.50. The molecule has 0 spiro atoms. The molecule has 1 aromatic carbocycles. The van der Waals surface area contributed by atoms with Gasteiger partial charge in [0.05, 0.1) is 0 Å². The number of piperidine rings is 1. The number of carbonyl (C=O) groups is 1. The Hall–Kier alpha value is -1.77. The summed E-state index contributed by atoms with van der Waals surface area (Å²) in [5, 5.41) is 1.17. The Morgan fingerprint density at radius 1 is 1.05 bits per heavy atom. The number of rotatable bonds is 1. The molecule has 0 aliphatic carbocycles. The fraction of sp³-hybridized carbons (Fsp3) is 0.471. The van der Waals surface area contributed by atoms with Gasteiger partial charge in [0.25, 0.3) is 5.91 Å². The lowest BCUT2D eigenvalue weighted by Crippen LogP contribution is -2.35. The summed E-state index contributed by atoms with van der Waals surface area (Å²) < 4.78 is 0. The number of amides is 1. The van der Waals surface area contributed by atoms with Crippen molar-refractivity contribution in [1.29, 1.82) is 0 Å². The molecule has 1 fully saturated rings. The first-order valence-corrected chi connectivity index (χ1v) is 7.46. The molecule has 0 unspecified atom stereocenters. The molecule has 1 saturated heterocycles. The lowest BCUT2D eigenvalue weighted by Gasteiger charge is -2.26. The van der Waals surface area contributed by atoms with Crippen LogP contribution in [0, 0.1) is 20.8 Å². The number of hydrogen-bond acceptors (Lipinski definition) is 1. The first kappa shape index (κ1) is 13.2. The standard InChI is InChI=1S/C17H22N2O/c1-11-9-12(2)14-10-15(18-16(14)13(11)3)17(20)19-7-5-4-6-8-19/h9-10,18H,4-8H2,1-3H3. The molecule has 3 rings (SSSR count). The molecule has 3 heteroatoms. The highest BCUT2D eigenvalue weighted by Gasteiger charge is 2.20. The fourth-order valence-electron chi connectivity index (χ4n) is 3.15. The first-order valence-electron chi connectivity index (χ1n) is 7.46. The lowest BCUT2D eigenvalue weighted by atomic mass is 10.0. The zero-order valence-electron chi connectivity index (χ0n) is 12.5. The average Bonchev–Trinajstić information content (AvgIpc) is 2.91. The SMILES string of the molecule is Cc1cc(C)c2cc(C(=O)N3CCCCC3)[nH]c2c1C. The van der Waals surface area contributed by atoms with Crippen molar-refractivity contribution in [2.75, 3.05) is 13.1 Å². The molecular formula is C17H22N2O. The van der Waals surface area contributed by atoms with E-state index in [0.717, 1.165) is 37.1 Å². The van der Waals surface area contributed by atoms with E-state index in [4.69, 9.17) is 0 Å². The summed E-state index contributed by atoms with van der Waals surface area (Å²) in [4.78, 5) is 17.9. The van der Waals surface area contributed by atoms with Crippen LogP contribution in [0.2, 0.25) is 0 Å². The Balaban J connectivity index is 2.02. The number of nitrogens with zero attached hydrogens (tertiary/aromatic N) is 1. The van der Waals surface area contributed by atoms with Crippen molar-refractivity contribution in [1.82, 2.24) is 9.88 Å². The van der Waals surface area contributed by atoms with Gasteiger partial charge in [-0.3, -0.25) is 4.79 Å². The van der Waals surface area contributed by atoms with E-state index < -0.39 is 0 Å². The Kier molecular flexibility index (Phi) is 3.28. The molecule has 0 atom stereocenters. The molecule has 1 aliphatic heterocycles. The predicted octanol–water partition coefficient (Wildman–Crippen LogP) is 3.72. The van der Waals surface area contributed by atoms with E-state index in [2.05, 4.69) is 31.8 Å². The number of aryl methyl sites for hydroxylation is 3. The fourth-order valence-corrected chi connectivity index (χ4v) is 3.15. The van der Waals surface area contributed by atoms with E-state index in [0.29, 0.717) is 0 Å². The van der Waals surface area contributed by atoms with E-state index in [1.165, 1.54) is 28.5 Å². The Morgan fingerprint density at radius 2 is 1.75 bits per heavy atom. The Bertz CT molecular complexity index is 663. The summed E-state index contributed by atoms with van der Waals surface area (Å²) >= 11 is 0. The van der Waals surface area contributed by atoms with Crippen LogP contribution in [-0.4, -0.2) is 28.9 Å². The highest BCUT2D eigenvalue weighted by atomic mass is 16.2. The molecule has 0 bridgehead atoms. The molecule has 0 saturated carbocycles. The molecule has 1 aromatic heterocycles. The molecule has 1 aliphatic rings. The van der Waals surface area contributed by atoms with Gasteiger partial charge in [-0.1, -0.05) is 6.07 Å². The van der Waals surface area contributed by atoms with Crippen LogP contribution < -0.4 is 0 Å². The quantitative estimate of drug-likeness (QED) is 0.842. The maximum absolute atomic E-state index is 12.6. The minimum atomic E-state index is 0.150. The molecule has 20 heavy (non-hydrogen) atoms. The van der Waals surface area contributed by atoms with E-state index in [-0.39, 0.29) is 5.91 Å². The number of aromatic nitrogens is 1. The van der Waals surface area contributed by atoms with Crippen molar-refractivity contribution in [3.05, 3.63) is 34.5 Å². The second-order valence-corrected chi connectivity index (χ2v) is 5.96. The zero-order valence-corrected chi connectivity index (χ0v) is 12.5. The molecule has 106 valence electrons. The van der Waals surface area contributed by atoms with Gasteiger partial charge in [0.15, 0.2) is 0 Å². The van der Waals surface area contributed by atoms with Gasteiger partial charge in [0, 0.05) is 24.0 Å². The number of carbonyl (C=O) groups excluding carboxylic acids is 1. The van der Waals surface area contributed by atoms with Crippen molar-refractivity contribution in [3.63, 3.8) is 0 Å². The second-order valence-electron chi connectivity index (χ2n) is 5.96. The maximum atomic E-state index is 12.6. The van der Waals surface area contributed by atoms with Gasteiger partial charge in [-0.05, 0) is 62.8 Å². The van der Waals surface area contributed by atoms with Gasteiger partial charge >= 0.3 is 0 Å². The lowest BCUT2D eigenvalue weighted by molar-refractivity contribution is 0.0719. The van der Waals surface area contributed by atoms with E-state index in [1.807, 2.05) is 11.0 Å². The molecule has 2 heterocycles. The van der Waals surface area contributed by atoms with Crippen molar-refractivity contribution < 1.29 is 4.79 Å². The number of benzene rings is 1. The smallest absolute Gasteiger partial charge is 0.270 e. The number of nitrogens with one attached hydrogen (secondary N) is 1. The van der Waals surface area contributed by atoms with Crippen LogP contribution in [-0.2, 0) is 0 Å². The van der Waals surface area contributed by atoms with E-state index in [9.17, 15) is 4.79 Å². The minimum absolute atomic E-state index is 0.150. The molecule has 1 amide bonds. The van der Waals surface area contributed by atoms with Crippen molar-refractivity contribution in [2.24, 2.45) is 0 Å². The number of likely N-dealkylation sites (tertiary alicyclic amines) is 1. The molecule has 0 radical (unpaired) electrons. The number of H-pyrrole nitrogens is 1. The monoisotopic (exact) mass is 270 g/mol. The Morgan fingerprint density at radius 3 is 2.45 bits per heavy atom. The summed E-state index contributed by atoms with van der Waals surface area (Å²) in [5.74, 6) is 0.150. The third-order valence-corrected chi connectivity index (χ3v) is 4.52. The van der Waals surface area contributed by atoms with Crippen LogP contribution in [0.5, 0.6) is 0 Å². The first-order chi connectivity index (χ1) is 9.58. The van der Waals surface area contributed by atoms with Crippen LogP contribution in [0.1, 0.15) is 46.4 Å². The number of aromatic amines is 1. The number of hydrogen-bond donors (Lipinski definition) is 1. The van der Waals surface area contributed by atoms with Crippen LogP contribution in [0.3, 0.4) is 0 Å². The topological polar surface area (TPSA) is 36.1 Å². The maximum Gasteiger partial charge on any atom is 0.270 e. The van der Waals surface area contributed by atoms with Gasteiger partial charge < -0.3 is 9.88 Å². The Labute approximate surface area is 120 Å². The average molecular weight is 270 g/mol. The van der Waals surface area contributed by atoms with Gasteiger partial charge in [0.1, 0.15) is 5.69 Å². The van der Waals surface area contributed by atoms with Crippen molar-refractivity contribution in [2.45, 2.75) is 40.0 Å². The van der Waals surface area contributed by atoms with Crippen LogP contribution in [0.25, 0.3) is 10.9 Å². The normalized spacial score (nSPS) is 15.8. The van der Waals surface area contributed by atoms with Gasteiger partial charge in [0.2, 0.25) is 0 Å². The van der Waals surface area contributed by atoms with E-state index in [1.54, 1.807) is 0 Å². The highest BCUT2D eigenvalue weighted by Crippen LogP contribution is 2.26. The summed E-state index contributed by atoms with van der Waals surface area (Å²) in [6, 6.07) is 4.22. The van der Waals surface area contributed by atoms with Crippen LogP contribution >= 0.6 is 0 Å². The van der Waals surface area contributed by atoms with Crippen LogP contribution in [0.15, 0.2) is 12.1 Å². The molecule has 1 N–H and O–H groups in total. The summed E-state index contributed by atoms with van der Waals surface area (Å²) in [6.45, 7) is 8.13. The largest absolute Gasteiger partial charge is 0.350 e. The van der Waals surface area contributed by atoms with Gasteiger partial charge in [-0.2, -0.15) is 0 Å². The second kappa shape index (κ2) is 4.97. The zero-order chi connectivity index (χ0) is 14.3. The van der Waals surface area contributed by atoms with Gasteiger partial charge in [-0.15, -0.1) is 0 Å². The summed E-state index contributed by atoms with van der Waals surface area (Å²) in [5.41, 5.74) is 5.59. The van der Waals surface area contributed by atoms with Crippen LogP contribution in [0.4, 0.5) is 0 Å². The van der Waals surface area contributed by atoms with Crippen molar-refractivity contribution in [3.8, 4) is 0 Å². The minimum Gasteiger partial charge on any atom is -0.350 e. The molecule has 2 aromatic rings. The number of fused-ring (bicyclic) bond motifs is 1. The van der Waals surface area contributed by atoms with E-state index >= 15 is 0 Å². The van der Waals surface area contributed by atoms with Crippen molar-refractivity contribution >= 4 is 16.8 Å². The van der Waals surface area contributed by atoms with Gasteiger partial charge in [-0.25, -0.2) is 0 Å². The summed E-state index contributed by atoms with van der Waals surface area (Å²) in [7, 11) is 0. The highest BCUT2D eigenvalue weighted by molar-refractivity contribution is 5.99. The third-order valence-electron chi connectivity index (χ3n) is 4.52. The molecule has 3 nitrogen and oxygen atoms in total. The molecular weight excluding hydrogens is 248 g/mol. The third kappa shape index (κ3) is 2.11.